The summed E-state index contributed by atoms with van der Waals surface area (Å²) in [6.45, 7) is 6.58. The minimum absolute atomic E-state index is 0.0948. The molecule has 1 aromatic carbocycles. The normalized spacial score (nSPS) is 12.2. The van der Waals surface area contributed by atoms with Crippen LogP contribution in [0.3, 0.4) is 0 Å². The molecular weight excluding hydrogens is 236 g/mol. The maximum absolute atomic E-state index is 5.94. The Bertz CT molecular complexity index is 772. The fourth-order valence-electron chi connectivity index (χ4n) is 2.23. The van der Waals surface area contributed by atoms with Gasteiger partial charge in [-0.15, -0.1) is 0 Å². The second-order valence-corrected chi connectivity index (χ2v) is 5.76. The van der Waals surface area contributed by atoms with Crippen molar-refractivity contribution in [1.82, 2.24) is 15.0 Å². The zero-order chi connectivity index (χ0) is 13.6. The van der Waals surface area contributed by atoms with Crippen molar-refractivity contribution in [3.63, 3.8) is 0 Å². The Hall–Kier alpha value is -2.23. The van der Waals surface area contributed by atoms with Gasteiger partial charge < -0.3 is 5.73 Å². The number of hydrogen-bond donors (Lipinski definition) is 1. The molecule has 3 rings (SSSR count). The Morgan fingerprint density at radius 2 is 1.89 bits per heavy atom. The number of benzene rings is 1. The molecule has 0 bridgehead atoms. The molecular formula is C15H16N4. The number of fused-ring (bicyclic) bond motifs is 3. The maximum Gasteiger partial charge on any atom is 0.150 e. The highest BCUT2D eigenvalue weighted by Gasteiger charge is 2.15. The van der Waals surface area contributed by atoms with Gasteiger partial charge in [0.15, 0.2) is 5.82 Å². The lowest BCUT2D eigenvalue weighted by atomic mass is 9.86. The molecule has 4 heteroatoms. The molecule has 2 aromatic heterocycles. The van der Waals surface area contributed by atoms with Crippen LogP contribution in [-0.2, 0) is 5.41 Å². The van der Waals surface area contributed by atoms with Gasteiger partial charge in [-0.05, 0) is 23.1 Å². The summed E-state index contributed by atoms with van der Waals surface area (Å²) in [5, 5.41) is 2.01. The van der Waals surface area contributed by atoms with Crippen molar-refractivity contribution in [2.75, 3.05) is 5.73 Å². The van der Waals surface area contributed by atoms with Crippen LogP contribution >= 0.6 is 0 Å². The predicted molar refractivity (Wildman–Crippen MR) is 78.0 cm³/mol. The number of nitrogens with two attached hydrogens (primary N) is 1. The third-order valence-electron chi connectivity index (χ3n) is 3.35. The van der Waals surface area contributed by atoms with Crippen LogP contribution in [0, 0.1) is 0 Å². The summed E-state index contributed by atoms with van der Waals surface area (Å²) in [5.74, 6) is 0.452. The highest BCUT2D eigenvalue weighted by molar-refractivity contribution is 6.07. The molecule has 4 nitrogen and oxygen atoms in total. The number of nitrogens with zero attached hydrogens (tertiary/aromatic N) is 3. The second kappa shape index (κ2) is 3.88. The summed E-state index contributed by atoms with van der Waals surface area (Å²) in [6.07, 6.45) is 3.30. The zero-order valence-electron chi connectivity index (χ0n) is 11.3. The zero-order valence-corrected chi connectivity index (χ0v) is 11.3. The Morgan fingerprint density at radius 3 is 2.63 bits per heavy atom. The van der Waals surface area contributed by atoms with Gasteiger partial charge in [-0.25, -0.2) is 15.0 Å². The van der Waals surface area contributed by atoms with Gasteiger partial charge in [0, 0.05) is 17.0 Å². The van der Waals surface area contributed by atoms with Crippen LogP contribution in [0.1, 0.15) is 26.3 Å². The van der Waals surface area contributed by atoms with Gasteiger partial charge in [0.2, 0.25) is 0 Å². The highest BCUT2D eigenvalue weighted by Crippen LogP contribution is 2.30. The van der Waals surface area contributed by atoms with E-state index in [2.05, 4.69) is 47.9 Å². The third kappa shape index (κ3) is 1.89. The number of nitrogen functional groups attached to an aromatic ring is 1. The first-order valence-corrected chi connectivity index (χ1v) is 6.26. The van der Waals surface area contributed by atoms with E-state index in [9.17, 15) is 0 Å². The van der Waals surface area contributed by atoms with E-state index in [4.69, 9.17) is 5.73 Å². The van der Waals surface area contributed by atoms with E-state index in [1.165, 1.54) is 11.9 Å². The average Bonchev–Trinajstić information content (AvgIpc) is 2.37. The van der Waals surface area contributed by atoms with Crippen LogP contribution in [0.25, 0.3) is 21.8 Å². The second-order valence-electron chi connectivity index (χ2n) is 5.76. The minimum Gasteiger partial charge on any atom is -0.382 e. The average molecular weight is 252 g/mol. The molecule has 0 aliphatic rings. The maximum atomic E-state index is 5.94. The molecule has 0 radical (unpaired) electrons. The van der Waals surface area contributed by atoms with E-state index in [1.54, 1.807) is 6.20 Å². The molecule has 0 fully saturated rings. The molecule has 0 spiro atoms. The fourth-order valence-corrected chi connectivity index (χ4v) is 2.23. The van der Waals surface area contributed by atoms with Crippen LogP contribution in [-0.4, -0.2) is 15.0 Å². The third-order valence-corrected chi connectivity index (χ3v) is 3.35. The van der Waals surface area contributed by atoms with Crippen molar-refractivity contribution in [2.45, 2.75) is 26.2 Å². The lowest BCUT2D eigenvalue weighted by molar-refractivity contribution is 0.591. The van der Waals surface area contributed by atoms with Gasteiger partial charge >= 0.3 is 0 Å². The first kappa shape index (κ1) is 11.8. The van der Waals surface area contributed by atoms with E-state index < -0.39 is 0 Å². The highest BCUT2D eigenvalue weighted by atomic mass is 14.9. The van der Waals surface area contributed by atoms with E-state index in [-0.39, 0.29) is 5.41 Å². The SMILES string of the molecule is CC(C)(C)c1ccc2nc(N)c3ncncc3c2c1. The van der Waals surface area contributed by atoms with Crippen LogP contribution in [0.4, 0.5) is 5.82 Å². The molecule has 0 unspecified atom stereocenters. The Morgan fingerprint density at radius 1 is 1.11 bits per heavy atom. The Labute approximate surface area is 111 Å². The minimum atomic E-state index is 0.0948. The lowest BCUT2D eigenvalue weighted by Crippen LogP contribution is -2.10. The van der Waals surface area contributed by atoms with Crippen molar-refractivity contribution in [3.05, 3.63) is 36.3 Å². The smallest absolute Gasteiger partial charge is 0.150 e. The van der Waals surface area contributed by atoms with Gasteiger partial charge in [0.25, 0.3) is 0 Å². The molecule has 19 heavy (non-hydrogen) atoms. The monoisotopic (exact) mass is 252 g/mol. The molecule has 2 N–H and O–H groups in total. The molecule has 0 amide bonds. The molecule has 0 saturated heterocycles. The van der Waals surface area contributed by atoms with Crippen molar-refractivity contribution >= 4 is 27.6 Å². The first-order chi connectivity index (χ1) is 8.97. The summed E-state index contributed by atoms with van der Waals surface area (Å²) in [7, 11) is 0. The molecule has 0 aliphatic heterocycles. The molecule has 2 heterocycles. The summed E-state index contributed by atoms with van der Waals surface area (Å²) >= 11 is 0. The number of aromatic nitrogens is 3. The van der Waals surface area contributed by atoms with Gasteiger partial charge in [-0.2, -0.15) is 0 Å². The van der Waals surface area contributed by atoms with Crippen molar-refractivity contribution < 1.29 is 0 Å². The van der Waals surface area contributed by atoms with Gasteiger partial charge in [-0.1, -0.05) is 26.8 Å². The van der Waals surface area contributed by atoms with E-state index in [0.29, 0.717) is 11.3 Å². The summed E-state index contributed by atoms with van der Waals surface area (Å²) < 4.78 is 0. The van der Waals surface area contributed by atoms with E-state index in [1.807, 2.05) is 6.07 Å². The molecule has 0 aliphatic carbocycles. The first-order valence-electron chi connectivity index (χ1n) is 6.26. The van der Waals surface area contributed by atoms with Gasteiger partial charge in [0.1, 0.15) is 11.8 Å². The Balaban J connectivity index is 2.44. The summed E-state index contributed by atoms with van der Waals surface area (Å²) in [5.41, 5.74) is 8.90. The number of hydrogen-bond acceptors (Lipinski definition) is 4. The van der Waals surface area contributed by atoms with Crippen LogP contribution in [0.5, 0.6) is 0 Å². The molecule has 96 valence electrons. The molecule has 3 aromatic rings. The topological polar surface area (TPSA) is 64.7 Å². The summed E-state index contributed by atoms with van der Waals surface area (Å²) in [6, 6.07) is 6.27. The summed E-state index contributed by atoms with van der Waals surface area (Å²) in [4.78, 5) is 12.7. The standard InChI is InChI=1S/C15H16N4/c1-15(2,3)9-4-5-12-10(6-9)11-7-17-8-18-13(11)14(16)19-12/h4-8H,1-3H3,(H2,16,19). The van der Waals surface area contributed by atoms with Crippen LogP contribution in [0.2, 0.25) is 0 Å². The largest absolute Gasteiger partial charge is 0.382 e. The Kier molecular flexibility index (Phi) is 2.42. The molecule has 0 saturated carbocycles. The van der Waals surface area contributed by atoms with Crippen molar-refractivity contribution in [3.8, 4) is 0 Å². The lowest BCUT2D eigenvalue weighted by Gasteiger charge is -2.19. The van der Waals surface area contributed by atoms with Crippen molar-refractivity contribution in [1.29, 1.82) is 0 Å². The van der Waals surface area contributed by atoms with Crippen molar-refractivity contribution in [2.24, 2.45) is 0 Å². The number of anilines is 1. The van der Waals surface area contributed by atoms with E-state index >= 15 is 0 Å². The van der Waals surface area contributed by atoms with Crippen LogP contribution in [0.15, 0.2) is 30.7 Å². The van der Waals surface area contributed by atoms with Gasteiger partial charge in [0.05, 0.1) is 5.52 Å². The van der Waals surface area contributed by atoms with Gasteiger partial charge in [-0.3, -0.25) is 0 Å². The number of pyridine rings is 1. The predicted octanol–water partition coefficient (Wildman–Crippen LogP) is 3.06. The molecule has 0 atom stereocenters. The fraction of sp³-hybridized carbons (Fsp3) is 0.267. The number of rotatable bonds is 0. The van der Waals surface area contributed by atoms with E-state index in [0.717, 1.165) is 16.3 Å². The van der Waals surface area contributed by atoms with Crippen LogP contribution < -0.4 is 5.73 Å². The quantitative estimate of drug-likeness (QED) is 0.624.